The maximum atomic E-state index is 5.90. The van der Waals surface area contributed by atoms with Crippen LogP contribution in [0.15, 0.2) is 73.3 Å². The molecule has 7 heteroatoms. The molecule has 0 amide bonds. The lowest BCUT2D eigenvalue weighted by Crippen LogP contribution is -2.01. The molecule has 4 aromatic rings. The number of benzene rings is 1. The number of nitrogen functional groups attached to an aromatic ring is 1. The first-order valence-electron chi connectivity index (χ1n) is 8.49. The van der Waals surface area contributed by atoms with E-state index in [1.807, 2.05) is 54.7 Å². The van der Waals surface area contributed by atoms with E-state index >= 15 is 0 Å². The molecule has 134 valence electrons. The summed E-state index contributed by atoms with van der Waals surface area (Å²) >= 11 is 0. The SMILES string of the molecule is Nc1ncccc1-c1cn(Cc2ccc(OCc3ccncc3)cc2)nn1. The Morgan fingerprint density at radius 1 is 0.926 bits per heavy atom. The predicted octanol–water partition coefficient (Wildman–Crippen LogP) is 2.94. The van der Waals surface area contributed by atoms with Gasteiger partial charge in [-0.1, -0.05) is 17.3 Å². The Hall–Kier alpha value is -3.74. The van der Waals surface area contributed by atoms with Gasteiger partial charge in [-0.2, -0.15) is 0 Å². The monoisotopic (exact) mass is 358 g/mol. The molecule has 3 aromatic heterocycles. The average molecular weight is 358 g/mol. The van der Waals surface area contributed by atoms with Gasteiger partial charge < -0.3 is 10.5 Å². The molecule has 0 aliphatic carbocycles. The fourth-order valence-electron chi connectivity index (χ4n) is 2.66. The summed E-state index contributed by atoms with van der Waals surface area (Å²) in [6.07, 6.45) is 7.03. The van der Waals surface area contributed by atoms with Gasteiger partial charge in [0.25, 0.3) is 0 Å². The largest absolute Gasteiger partial charge is 0.489 e. The van der Waals surface area contributed by atoms with Crippen LogP contribution in [0.5, 0.6) is 5.75 Å². The second-order valence-electron chi connectivity index (χ2n) is 6.03. The molecule has 0 aliphatic rings. The average Bonchev–Trinajstić information content (AvgIpc) is 3.17. The van der Waals surface area contributed by atoms with Gasteiger partial charge in [0.2, 0.25) is 0 Å². The van der Waals surface area contributed by atoms with Gasteiger partial charge in [0.15, 0.2) is 0 Å². The van der Waals surface area contributed by atoms with Gasteiger partial charge in [0.1, 0.15) is 23.9 Å². The lowest BCUT2D eigenvalue weighted by Gasteiger charge is -2.07. The smallest absolute Gasteiger partial charge is 0.132 e. The zero-order chi connectivity index (χ0) is 18.5. The molecule has 1 aromatic carbocycles. The predicted molar refractivity (Wildman–Crippen MR) is 102 cm³/mol. The summed E-state index contributed by atoms with van der Waals surface area (Å²) in [7, 11) is 0. The van der Waals surface area contributed by atoms with Crippen LogP contribution in [0, 0.1) is 0 Å². The van der Waals surface area contributed by atoms with Crippen molar-refractivity contribution in [1.29, 1.82) is 0 Å². The molecule has 0 saturated carbocycles. The van der Waals surface area contributed by atoms with Gasteiger partial charge in [0, 0.05) is 24.2 Å². The number of ether oxygens (including phenoxy) is 1. The van der Waals surface area contributed by atoms with Gasteiger partial charge in [-0.05, 0) is 47.5 Å². The van der Waals surface area contributed by atoms with Crippen molar-refractivity contribution in [2.75, 3.05) is 5.73 Å². The van der Waals surface area contributed by atoms with Crippen molar-refractivity contribution in [3.8, 4) is 17.0 Å². The highest BCUT2D eigenvalue weighted by atomic mass is 16.5. The molecule has 0 spiro atoms. The summed E-state index contributed by atoms with van der Waals surface area (Å²) in [6, 6.07) is 15.5. The Bertz CT molecular complexity index is 1010. The summed E-state index contributed by atoms with van der Waals surface area (Å²) in [5.41, 5.74) is 9.56. The third-order valence-corrected chi connectivity index (χ3v) is 4.08. The Kier molecular flexibility index (Phi) is 4.74. The number of rotatable bonds is 6. The van der Waals surface area contributed by atoms with Crippen molar-refractivity contribution in [3.05, 3.63) is 84.4 Å². The Morgan fingerprint density at radius 2 is 1.74 bits per heavy atom. The van der Waals surface area contributed by atoms with Crippen LogP contribution in [0.1, 0.15) is 11.1 Å². The van der Waals surface area contributed by atoms with Crippen LogP contribution in [0.3, 0.4) is 0 Å². The van der Waals surface area contributed by atoms with Gasteiger partial charge in [0.05, 0.1) is 12.7 Å². The molecular weight excluding hydrogens is 340 g/mol. The highest BCUT2D eigenvalue weighted by molar-refractivity contribution is 5.69. The van der Waals surface area contributed by atoms with Gasteiger partial charge in [-0.15, -0.1) is 5.10 Å². The molecule has 0 saturated heterocycles. The molecule has 0 aliphatic heterocycles. The first kappa shape index (κ1) is 16.7. The van der Waals surface area contributed by atoms with E-state index in [2.05, 4.69) is 20.3 Å². The zero-order valence-corrected chi connectivity index (χ0v) is 14.6. The van der Waals surface area contributed by atoms with Crippen LogP contribution in [0.25, 0.3) is 11.3 Å². The third-order valence-electron chi connectivity index (χ3n) is 4.08. The molecule has 27 heavy (non-hydrogen) atoms. The summed E-state index contributed by atoms with van der Waals surface area (Å²) in [4.78, 5) is 8.08. The maximum absolute atomic E-state index is 5.90. The second-order valence-corrected chi connectivity index (χ2v) is 6.03. The Morgan fingerprint density at radius 3 is 2.52 bits per heavy atom. The number of nitrogens with zero attached hydrogens (tertiary/aromatic N) is 5. The van der Waals surface area contributed by atoms with Crippen molar-refractivity contribution >= 4 is 5.82 Å². The van der Waals surface area contributed by atoms with E-state index < -0.39 is 0 Å². The van der Waals surface area contributed by atoms with Crippen LogP contribution in [-0.2, 0) is 13.2 Å². The number of nitrogens with two attached hydrogens (primary N) is 1. The molecule has 3 heterocycles. The zero-order valence-electron chi connectivity index (χ0n) is 14.6. The molecule has 0 bridgehead atoms. The number of hydrogen-bond acceptors (Lipinski definition) is 6. The minimum Gasteiger partial charge on any atom is -0.489 e. The lowest BCUT2D eigenvalue weighted by molar-refractivity contribution is 0.306. The van der Waals surface area contributed by atoms with E-state index in [1.54, 1.807) is 23.3 Å². The molecule has 0 atom stereocenters. The van der Waals surface area contributed by atoms with Gasteiger partial charge >= 0.3 is 0 Å². The van der Waals surface area contributed by atoms with Crippen molar-refractivity contribution in [3.63, 3.8) is 0 Å². The number of anilines is 1. The van der Waals surface area contributed by atoms with Crippen molar-refractivity contribution < 1.29 is 4.74 Å². The summed E-state index contributed by atoms with van der Waals surface area (Å²) < 4.78 is 7.56. The quantitative estimate of drug-likeness (QED) is 0.570. The van der Waals surface area contributed by atoms with Crippen molar-refractivity contribution in [2.24, 2.45) is 0 Å². The molecular formula is C20H18N6O. The highest BCUT2D eigenvalue weighted by Crippen LogP contribution is 2.21. The van der Waals surface area contributed by atoms with Crippen molar-refractivity contribution in [2.45, 2.75) is 13.2 Å². The number of pyridine rings is 2. The first-order valence-corrected chi connectivity index (χ1v) is 8.49. The van der Waals surface area contributed by atoms with E-state index in [0.29, 0.717) is 24.7 Å². The molecule has 0 radical (unpaired) electrons. The minimum absolute atomic E-state index is 0.445. The molecule has 4 rings (SSSR count). The van der Waals surface area contributed by atoms with E-state index in [-0.39, 0.29) is 0 Å². The van der Waals surface area contributed by atoms with E-state index in [1.165, 1.54) is 0 Å². The fourth-order valence-corrected chi connectivity index (χ4v) is 2.66. The minimum atomic E-state index is 0.445. The van der Waals surface area contributed by atoms with Crippen LogP contribution >= 0.6 is 0 Å². The Labute approximate surface area is 156 Å². The standard InChI is InChI=1S/C20H18N6O/c21-20-18(2-1-9-23-20)19-13-26(25-24-19)12-15-3-5-17(6-4-15)27-14-16-7-10-22-11-8-16/h1-11,13H,12,14H2,(H2,21,23). The third kappa shape index (κ3) is 4.09. The van der Waals surface area contributed by atoms with Crippen molar-refractivity contribution in [1.82, 2.24) is 25.0 Å². The molecule has 7 nitrogen and oxygen atoms in total. The molecule has 2 N–H and O–H groups in total. The van der Waals surface area contributed by atoms with Crippen LogP contribution in [0.2, 0.25) is 0 Å². The highest BCUT2D eigenvalue weighted by Gasteiger charge is 2.08. The molecule has 0 fully saturated rings. The van der Waals surface area contributed by atoms with E-state index in [0.717, 1.165) is 22.4 Å². The number of aromatic nitrogens is 5. The second kappa shape index (κ2) is 7.65. The summed E-state index contributed by atoms with van der Waals surface area (Å²) in [5, 5.41) is 8.36. The summed E-state index contributed by atoms with van der Waals surface area (Å²) in [5.74, 6) is 1.26. The topological polar surface area (TPSA) is 91.7 Å². The van der Waals surface area contributed by atoms with E-state index in [9.17, 15) is 0 Å². The summed E-state index contributed by atoms with van der Waals surface area (Å²) in [6.45, 7) is 1.12. The van der Waals surface area contributed by atoms with Crippen LogP contribution in [-0.4, -0.2) is 25.0 Å². The van der Waals surface area contributed by atoms with Crippen LogP contribution in [0.4, 0.5) is 5.82 Å². The number of hydrogen-bond donors (Lipinski definition) is 1. The normalized spacial score (nSPS) is 10.7. The lowest BCUT2D eigenvalue weighted by atomic mass is 10.2. The maximum Gasteiger partial charge on any atom is 0.132 e. The van der Waals surface area contributed by atoms with Gasteiger partial charge in [-0.3, -0.25) is 4.98 Å². The molecule has 0 unspecified atom stereocenters. The first-order chi connectivity index (χ1) is 13.3. The van der Waals surface area contributed by atoms with Crippen LogP contribution < -0.4 is 10.5 Å². The Balaban J connectivity index is 1.39. The van der Waals surface area contributed by atoms with E-state index in [4.69, 9.17) is 10.5 Å². The fraction of sp³-hybridized carbons (Fsp3) is 0.100. The van der Waals surface area contributed by atoms with Gasteiger partial charge in [-0.25, -0.2) is 9.67 Å².